The van der Waals surface area contributed by atoms with E-state index in [2.05, 4.69) is 88.7 Å². The number of aromatic hydroxyl groups is 2. The molecule has 5 aromatic carbocycles. The van der Waals surface area contributed by atoms with Crippen LogP contribution in [0.5, 0.6) is 17.2 Å². The predicted molar refractivity (Wildman–Crippen MR) is 277 cm³/mol. The van der Waals surface area contributed by atoms with Crippen molar-refractivity contribution in [3.63, 3.8) is 0 Å². The van der Waals surface area contributed by atoms with Crippen LogP contribution in [0.4, 0.5) is 0 Å². The molecule has 1 saturated heterocycles. The van der Waals surface area contributed by atoms with Gasteiger partial charge in [0.15, 0.2) is 11.5 Å². The minimum absolute atomic E-state index is 0.0363. The second kappa shape index (κ2) is 20.4. The Morgan fingerprint density at radius 1 is 0.817 bits per heavy atom. The van der Waals surface area contributed by atoms with E-state index in [1.165, 1.54) is 22.3 Å². The number of ether oxygens (including phenoxy) is 3. The Hall–Kier alpha value is -6.32. The van der Waals surface area contributed by atoms with E-state index in [0.29, 0.717) is 61.9 Å². The monoisotopic (exact) mass is 951 g/mol. The maximum absolute atomic E-state index is 11.7. The zero-order valence-electron chi connectivity index (χ0n) is 40.4. The second-order valence-corrected chi connectivity index (χ2v) is 20.5. The number of nitrogens with one attached hydrogen (secondary N) is 1. The van der Waals surface area contributed by atoms with Crippen molar-refractivity contribution in [1.82, 2.24) is 9.88 Å². The van der Waals surface area contributed by atoms with Crippen LogP contribution in [0.2, 0.25) is 0 Å². The maximum atomic E-state index is 11.7. The van der Waals surface area contributed by atoms with E-state index in [0.717, 1.165) is 101 Å². The number of hydrogen-bond acceptors (Lipinski definition) is 9. The molecule has 5 aliphatic rings. The van der Waals surface area contributed by atoms with Crippen molar-refractivity contribution in [1.29, 1.82) is 0 Å². The largest absolute Gasteiger partial charge is 0.508 e. The molecule has 1 fully saturated rings. The Morgan fingerprint density at radius 2 is 1.68 bits per heavy atom. The number of aliphatic hydroxyl groups is 2. The summed E-state index contributed by atoms with van der Waals surface area (Å²) in [4.78, 5) is 0. The standard InChI is InChI=1S/C61H65N3O7/c62-59-31-44-17-15-39(13-14-41-16-22-56(67)45(26-41)25-40-7-2-1-3-8-40)9-6-11-52-32-51(66)21-19-43-30-58(57(68)29-47(43)35-65)71-36-48-28-50(27-46-33-64(34-53(46)48)60(63-59)54(44)38-70-52)61-23-24-69-37-49(61)20-18-42-10-4-5-12-55(42)61/h1-5,7-8,10,12,16,22,26-31,33-34,39,49,51-52,59,63,65-68H,6,9,11,13-14,18-21,23-25,32,35-38,62H2. The lowest BCUT2D eigenvalue weighted by Gasteiger charge is -2.49. The van der Waals surface area contributed by atoms with Gasteiger partial charge in [-0.1, -0.05) is 84.6 Å². The van der Waals surface area contributed by atoms with Crippen molar-refractivity contribution in [2.75, 3.05) is 19.8 Å². The van der Waals surface area contributed by atoms with Crippen molar-refractivity contribution < 1.29 is 34.6 Å². The smallest absolute Gasteiger partial charge is 0.161 e. The molecule has 366 valence electrons. The van der Waals surface area contributed by atoms with Gasteiger partial charge in [-0.25, -0.2) is 0 Å². The highest BCUT2D eigenvalue weighted by Crippen LogP contribution is 2.52. The van der Waals surface area contributed by atoms with E-state index in [4.69, 9.17) is 19.9 Å². The average molecular weight is 952 g/mol. The summed E-state index contributed by atoms with van der Waals surface area (Å²) >= 11 is 0. The molecule has 1 aliphatic carbocycles. The fraction of sp³-hybridized carbons (Fsp3) is 0.377. The Balaban J connectivity index is 1.01. The number of nitrogens with two attached hydrogens (primary N) is 1. The highest BCUT2D eigenvalue weighted by molar-refractivity contribution is 5.88. The summed E-state index contributed by atoms with van der Waals surface area (Å²) in [5.41, 5.74) is 18.0. The number of aromatic nitrogens is 1. The highest BCUT2D eigenvalue weighted by atomic mass is 16.5. The summed E-state index contributed by atoms with van der Waals surface area (Å²) in [5.74, 6) is 9.14. The van der Waals surface area contributed by atoms with Gasteiger partial charge in [0.1, 0.15) is 18.2 Å². The predicted octanol–water partition coefficient (Wildman–Crippen LogP) is 9.49. The van der Waals surface area contributed by atoms with Crippen LogP contribution < -0.4 is 15.8 Å². The zero-order chi connectivity index (χ0) is 48.5. The first-order chi connectivity index (χ1) is 34.7. The lowest BCUT2D eigenvalue weighted by molar-refractivity contribution is 0.00498. The van der Waals surface area contributed by atoms with Gasteiger partial charge in [-0.05, 0) is 157 Å². The topological polar surface area (TPSA) is 152 Å². The number of phenolic OH excluding ortho intramolecular Hbond substituents is 2. The molecule has 7 N–H and O–H groups in total. The van der Waals surface area contributed by atoms with E-state index >= 15 is 0 Å². The van der Waals surface area contributed by atoms with Gasteiger partial charge in [0.2, 0.25) is 0 Å². The van der Waals surface area contributed by atoms with Gasteiger partial charge >= 0.3 is 0 Å². The van der Waals surface area contributed by atoms with E-state index in [1.54, 1.807) is 6.07 Å². The number of dihydropyridines is 1. The minimum Gasteiger partial charge on any atom is -0.508 e. The average Bonchev–Trinajstić information content (AvgIpc) is 3.82. The third kappa shape index (κ3) is 9.74. The number of benzene rings is 5. The van der Waals surface area contributed by atoms with E-state index in [9.17, 15) is 20.4 Å². The van der Waals surface area contributed by atoms with Crippen molar-refractivity contribution in [2.24, 2.45) is 17.6 Å². The number of aliphatic hydroxyl groups excluding tert-OH is 2. The third-order valence-corrected chi connectivity index (χ3v) is 16.0. The minimum atomic E-state index is -0.678. The fourth-order valence-corrected chi connectivity index (χ4v) is 12.2. The third-order valence-electron chi connectivity index (χ3n) is 16.0. The number of rotatable bonds is 7. The normalized spacial score (nSPS) is 24.5. The number of phenols is 2. The molecule has 71 heavy (non-hydrogen) atoms. The second-order valence-electron chi connectivity index (χ2n) is 20.5. The molecular weight excluding hydrogens is 887 g/mol. The molecule has 5 heterocycles. The van der Waals surface area contributed by atoms with E-state index in [-0.39, 0.29) is 43.0 Å². The van der Waals surface area contributed by atoms with Gasteiger partial charge in [0, 0.05) is 58.7 Å². The lowest BCUT2D eigenvalue weighted by atomic mass is 9.57. The Labute approximate surface area is 416 Å². The van der Waals surface area contributed by atoms with Crippen LogP contribution >= 0.6 is 0 Å². The van der Waals surface area contributed by atoms with Crippen molar-refractivity contribution in [2.45, 2.75) is 114 Å². The number of aryl methyl sites for hydroxylation is 3. The molecule has 0 spiro atoms. The van der Waals surface area contributed by atoms with Crippen molar-refractivity contribution >= 4 is 16.6 Å². The van der Waals surface area contributed by atoms with Gasteiger partial charge in [-0.2, -0.15) is 0 Å². The van der Waals surface area contributed by atoms with Gasteiger partial charge in [-0.3, -0.25) is 0 Å². The van der Waals surface area contributed by atoms with Crippen molar-refractivity contribution in [3.8, 4) is 29.1 Å². The van der Waals surface area contributed by atoms with Crippen LogP contribution in [0.25, 0.3) is 16.6 Å². The fourth-order valence-electron chi connectivity index (χ4n) is 12.2. The Bertz CT molecular complexity index is 3050. The summed E-state index contributed by atoms with van der Waals surface area (Å²) in [6.07, 6.45) is 14.0. The number of fused-ring (bicyclic) bond motifs is 9. The molecule has 4 aliphatic heterocycles. The molecule has 0 amide bonds. The molecular formula is C61H65N3O7. The Morgan fingerprint density at radius 3 is 2.56 bits per heavy atom. The van der Waals surface area contributed by atoms with Gasteiger partial charge in [0.05, 0.1) is 38.2 Å². The first-order valence-electron chi connectivity index (χ1n) is 25.7. The van der Waals surface area contributed by atoms with Crippen LogP contribution in [-0.2, 0) is 53.8 Å². The summed E-state index contributed by atoms with van der Waals surface area (Å²) in [7, 11) is 0. The molecule has 10 heteroatoms. The lowest BCUT2D eigenvalue weighted by Crippen LogP contribution is -2.47. The highest BCUT2D eigenvalue weighted by Gasteiger charge is 2.47. The van der Waals surface area contributed by atoms with Crippen LogP contribution in [0.15, 0.2) is 127 Å². The van der Waals surface area contributed by atoms with E-state index in [1.807, 2.05) is 42.5 Å². The molecule has 1 aromatic heterocycles. The van der Waals surface area contributed by atoms with Crippen LogP contribution in [-0.4, -0.2) is 63.2 Å². The quantitative estimate of drug-likeness (QED) is 0.0861. The summed E-state index contributed by atoms with van der Waals surface area (Å²) in [6, 6.07) is 33.2. The first-order valence-corrected chi connectivity index (χ1v) is 25.7. The molecule has 6 unspecified atom stereocenters. The van der Waals surface area contributed by atoms with Crippen LogP contribution in [0.1, 0.15) is 101 Å². The van der Waals surface area contributed by atoms with Crippen LogP contribution in [0, 0.1) is 23.7 Å². The van der Waals surface area contributed by atoms with Gasteiger partial charge < -0.3 is 50.3 Å². The molecule has 0 radical (unpaired) electrons. The van der Waals surface area contributed by atoms with Gasteiger partial charge in [-0.15, -0.1) is 0 Å². The SMILES string of the molecule is NC1C=C2C#CC(CCc3ccc(O)c(Cc4ccccc4)c3)CCCC3CC(O)CCc4cc(c(O)cc4CO)OCc4cc(C56CCOCC5CCc5ccccc56)cc5cn(cc45)C(=C2CO3)N1. The summed E-state index contributed by atoms with van der Waals surface area (Å²) in [6.45, 7) is 1.57. The number of hydrogen-bond donors (Lipinski definition) is 6. The maximum Gasteiger partial charge on any atom is 0.161 e. The molecule has 6 atom stereocenters. The molecule has 10 nitrogen and oxygen atoms in total. The Kier molecular flexibility index (Phi) is 13.5. The van der Waals surface area contributed by atoms with Gasteiger partial charge in [0.25, 0.3) is 0 Å². The summed E-state index contributed by atoms with van der Waals surface area (Å²) < 4.78 is 21.9. The molecule has 6 aromatic rings. The van der Waals surface area contributed by atoms with Crippen molar-refractivity contribution in [3.05, 3.63) is 177 Å². The zero-order valence-corrected chi connectivity index (χ0v) is 40.4. The number of nitrogens with zero attached hydrogens (tertiary/aromatic N) is 1. The first kappa shape index (κ1) is 47.0. The molecule has 0 saturated carbocycles. The van der Waals surface area contributed by atoms with E-state index < -0.39 is 12.3 Å². The molecule has 6 bridgehead atoms. The summed E-state index contributed by atoms with van der Waals surface area (Å²) in [5, 5.41) is 50.0. The molecule has 11 rings (SSSR count). The van der Waals surface area contributed by atoms with Crippen LogP contribution in [0.3, 0.4) is 0 Å².